The van der Waals surface area contributed by atoms with Crippen LogP contribution in [-0.2, 0) is 0 Å². The third kappa shape index (κ3) is 1.79. The molecular weight excluding hydrogens is 148 g/mol. The van der Waals surface area contributed by atoms with Crippen LogP contribution in [0.2, 0.25) is 0 Å². The molecule has 0 aromatic carbocycles. The van der Waals surface area contributed by atoms with Crippen LogP contribution in [0, 0.1) is 4.91 Å². The summed E-state index contributed by atoms with van der Waals surface area (Å²) in [5.41, 5.74) is 4.87. The average Bonchev–Trinajstić information content (AvgIpc) is 2.34. The van der Waals surface area contributed by atoms with Gasteiger partial charge in [0.1, 0.15) is 6.17 Å². The Hall–Kier alpha value is -1.33. The van der Waals surface area contributed by atoms with Crippen molar-refractivity contribution in [2.24, 2.45) is 11.0 Å². The van der Waals surface area contributed by atoms with E-state index < -0.39 is 6.03 Å². The zero-order valence-electron chi connectivity index (χ0n) is 5.99. The van der Waals surface area contributed by atoms with Gasteiger partial charge in [-0.2, -0.15) is 0 Å². The van der Waals surface area contributed by atoms with Crippen molar-refractivity contribution in [2.75, 3.05) is 6.54 Å². The van der Waals surface area contributed by atoms with E-state index in [-0.39, 0.29) is 6.17 Å². The van der Waals surface area contributed by atoms with Crippen molar-refractivity contribution in [3.63, 3.8) is 0 Å². The Kier molecular flexibility index (Phi) is 2.25. The highest BCUT2D eigenvalue weighted by Gasteiger charge is 2.24. The van der Waals surface area contributed by atoms with E-state index in [0.717, 1.165) is 12.8 Å². The summed E-state index contributed by atoms with van der Waals surface area (Å²) in [5.74, 6) is 0. The van der Waals surface area contributed by atoms with Crippen LogP contribution in [0.15, 0.2) is 5.29 Å². The predicted octanol–water partition coefficient (Wildman–Crippen LogP) is -0.242. The van der Waals surface area contributed by atoms with Gasteiger partial charge in [-0.1, -0.05) is 0 Å². The first-order valence-corrected chi connectivity index (χ1v) is 3.40. The van der Waals surface area contributed by atoms with Gasteiger partial charge >= 0.3 is 6.03 Å². The molecule has 1 heterocycles. The molecule has 1 aliphatic heterocycles. The number of hydrogen-bond acceptors (Lipinski definition) is 3. The van der Waals surface area contributed by atoms with E-state index in [9.17, 15) is 9.70 Å². The number of primary amides is 1. The molecule has 62 valence electrons. The second-order valence-corrected chi connectivity index (χ2v) is 2.41. The highest BCUT2D eigenvalue weighted by atomic mass is 16.3. The fourth-order valence-corrected chi connectivity index (χ4v) is 1.16. The summed E-state index contributed by atoms with van der Waals surface area (Å²) >= 11 is 0. The van der Waals surface area contributed by atoms with Gasteiger partial charge in [0, 0.05) is 6.54 Å². The van der Waals surface area contributed by atoms with Gasteiger partial charge in [-0.3, -0.25) is 0 Å². The first-order valence-electron chi connectivity index (χ1n) is 3.40. The summed E-state index contributed by atoms with van der Waals surface area (Å²) < 4.78 is 0. The van der Waals surface area contributed by atoms with Gasteiger partial charge in [0.2, 0.25) is 0 Å². The summed E-state index contributed by atoms with van der Waals surface area (Å²) in [6.45, 7) is 0.592. The van der Waals surface area contributed by atoms with Gasteiger partial charge in [-0.15, -0.1) is 4.91 Å². The first kappa shape index (κ1) is 7.77. The van der Waals surface area contributed by atoms with Crippen molar-refractivity contribution in [1.29, 1.82) is 0 Å². The van der Waals surface area contributed by atoms with Crippen molar-refractivity contribution in [2.45, 2.75) is 19.0 Å². The summed E-state index contributed by atoms with van der Waals surface area (Å²) in [6, 6.07) is -0.620. The molecule has 0 bridgehead atoms. The van der Waals surface area contributed by atoms with E-state index in [1.165, 1.54) is 5.01 Å². The minimum absolute atomic E-state index is 0.301. The molecule has 0 aliphatic carbocycles. The average molecular weight is 158 g/mol. The number of nitroso groups, excluding NO2 is 1. The lowest BCUT2D eigenvalue weighted by Crippen LogP contribution is -2.44. The van der Waals surface area contributed by atoms with E-state index in [2.05, 4.69) is 10.6 Å². The number of nitrogens with zero attached hydrogens (tertiary/aromatic N) is 2. The van der Waals surface area contributed by atoms with Gasteiger partial charge in [0.05, 0.1) is 5.29 Å². The molecule has 1 rings (SSSR count). The van der Waals surface area contributed by atoms with Crippen LogP contribution < -0.4 is 11.1 Å². The molecule has 1 unspecified atom stereocenters. The van der Waals surface area contributed by atoms with Crippen molar-refractivity contribution >= 4 is 6.03 Å². The molecule has 11 heavy (non-hydrogen) atoms. The van der Waals surface area contributed by atoms with Crippen LogP contribution in [0.3, 0.4) is 0 Å². The molecule has 0 aromatic heterocycles. The van der Waals surface area contributed by atoms with Crippen LogP contribution in [0.1, 0.15) is 12.8 Å². The molecule has 0 aromatic rings. The normalized spacial score (nSPS) is 23.3. The van der Waals surface area contributed by atoms with Crippen LogP contribution in [0.5, 0.6) is 0 Å². The molecule has 1 fully saturated rings. The topological polar surface area (TPSA) is 87.8 Å². The summed E-state index contributed by atoms with van der Waals surface area (Å²) in [5, 5.41) is 6.43. The first-order chi connectivity index (χ1) is 5.24. The van der Waals surface area contributed by atoms with E-state index >= 15 is 0 Å². The lowest BCUT2D eigenvalue weighted by Gasteiger charge is -2.17. The Morgan fingerprint density at radius 1 is 1.73 bits per heavy atom. The SMILES string of the molecule is NC(=O)NC1CCCN1N=O. The molecule has 0 spiro atoms. The minimum atomic E-state index is -0.620. The maximum absolute atomic E-state index is 10.4. The standard InChI is InChI=1S/C5H10N4O2/c6-5(10)7-4-2-1-3-9(4)8-11/h4H,1-3H2,(H3,6,7,10). The van der Waals surface area contributed by atoms with Gasteiger partial charge < -0.3 is 11.1 Å². The van der Waals surface area contributed by atoms with Crippen LogP contribution in [-0.4, -0.2) is 23.8 Å². The third-order valence-electron chi connectivity index (χ3n) is 1.64. The molecule has 6 heteroatoms. The number of amides is 2. The predicted molar refractivity (Wildman–Crippen MR) is 38.2 cm³/mol. The smallest absolute Gasteiger partial charge is 0.313 e. The quantitative estimate of drug-likeness (QED) is 0.543. The van der Waals surface area contributed by atoms with Gasteiger partial charge in [0.15, 0.2) is 0 Å². The summed E-state index contributed by atoms with van der Waals surface area (Å²) in [7, 11) is 0. The Bertz CT molecular complexity index is 172. The molecule has 1 atom stereocenters. The molecule has 0 saturated carbocycles. The van der Waals surface area contributed by atoms with Crippen LogP contribution in [0.25, 0.3) is 0 Å². The van der Waals surface area contributed by atoms with Crippen LogP contribution >= 0.6 is 0 Å². The molecule has 1 aliphatic rings. The summed E-state index contributed by atoms with van der Waals surface area (Å²) in [4.78, 5) is 20.4. The second kappa shape index (κ2) is 3.18. The fraction of sp³-hybridized carbons (Fsp3) is 0.800. The number of nitrogens with two attached hydrogens (primary N) is 1. The number of carbonyl (C=O) groups is 1. The van der Waals surface area contributed by atoms with E-state index in [1.807, 2.05) is 0 Å². The number of urea groups is 1. The molecule has 1 saturated heterocycles. The number of rotatable bonds is 2. The fourth-order valence-electron chi connectivity index (χ4n) is 1.16. The largest absolute Gasteiger partial charge is 0.352 e. The zero-order valence-corrected chi connectivity index (χ0v) is 5.99. The number of nitrogens with one attached hydrogen (secondary N) is 1. The lowest BCUT2D eigenvalue weighted by molar-refractivity contribution is 0.208. The number of carbonyl (C=O) groups excluding carboxylic acids is 1. The molecule has 6 nitrogen and oxygen atoms in total. The van der Waals surface area contributed by atoms with E-state index in [1.54, 1.807) is 0 Å². The highest BCUT2D eigenvalue weighted by molar-refractivity contribution is 5.71. The highest BCUT2D eigenvalue weighted by Crippen LogP contribution is 2.13. The maximum Gasteiger partial charge on any atom is 0.313 e. The molecule has 0 radical (unpaired) electrons. The van der Waals surface area contributed by atoms with Crippen molar-refractivity contribution in [1.82, 2.24) is 10.3 Å². The molecular formula is C5H10N4O2. The maximum atomic E-state index is 10.4. The van der Waals surface area contributed by atoms with E-state index in [0.29, 0.717) is 6.54 Å². The van der Waals surface area contributed by atoms with E-state index in [4.69, 9.17) is 5.73 Å². The second-order valence-electron chi connectivity index (χ2n) is 2.41. The van der Waals surface area contributed by atoms with Crippen molar-refractivity contribution in [3.05, 3.63) is 4.91 Å². The Balaban J connectivity index is 2.43. The zero-order chi connectivity index (χ0) is 8.27. The summed E-state index contributed by atoms with van der Waals surface area (Å²) in [6.07, 6.45) is 1.29. The third-order valence-corrected chi connectivity index (χ3v) is 1.64. The van der Waals surface area contributed by atoms with Gasteiger partial charge in [-0.25, -0.2) is 9.80 Å². The molecule has 3 N–H and O–H groups in total. The van der Waals surface area contributed by atoms with Crippen molar-refractivity contribution < 1.29 is 4.79 Å². The van der Waals surface area contributed by atoms with Gasteiger partial charge in [-0.05, 0) is 12.8 Å². The Labute approximate surface area is 63.7 Å². The lowest BCUT2D eigenvalue weighted by atomic mass is 10.3. The molecule has 2 amide bonds. The monoisotopic (exact) mass is 158 g/mol. The van der Waals surface area contributed by atoms with Crippen molar-refractivity contribution in [3.8, 4) is 0 Å². The van der Waals surface area contributed by atoms with Crippen LogP contribution in [0.4, 0.5) is 4.79 Å². The Morgan fingerprint density at radius 3 is 3.00 bits per heavy atom. The van der Waals surface area contributed by atoms with Gasteiger partial charge in [0.25, 0.3) is 0 Å². The minimum Gasteiger partial charge on any atom is -0.352 e. The number of hydrogen-bond donors (Lipinski definition) is 2. The Morgan fingerprint density at radius 2 is 2.45 bits per heavy atom.